The van der Waals surface area contributed by atoms with Gasteiger partial charge in [0, 0.05) is 24.9 Å². The Morgan fingerprint density at radius 2 is 2.19 bits per heavy atom. The Hall–Kier alpha value is -2.17. The van der Waals surface area contributed by atoms with Crippen LogP contribution in [-0.2, 0) is 17.6 Å². The normalized spacial score (nSPS) is 12.1. The minimum absolute atomic E-state index is 0.0848. The molecule has 1 aromatic carbocycles. The average Bonchev–Trinajstić information content (AvgIpc) is 2.87. The lowest BCUT2D eigenvalue weighted by atomic mass is 10.00. The van der Waals surface area contributed by atoms with Gasteiger partial charge >= 0.3 is 0 Å². The maximum absolute atomic E-state index is 13.5. The molecule has 0 aliphatic rings. The summed E-state index contributed by atoms with van der Waals surface area (Å²) in [6.07, 6.45) is 1.01. The van der Waals surface area contributed by atoms with E-state index in [4.69, 9.17) is 4.52 Å². The number of halogens is 1. The highest BCUT2D eigenvalue weighted by molar-refractivity contribution is 5.78. The molecular formula is C16H19FN2O2. The molecule has 0 spiro atoms. The Kier molecular flexibility index (Phi) is 5.09. The number of carbonyl (C=O) groups excluding carboxylic acids is 1. The van der Waals surface area contributed by atoms with Crippen molar-refractivity contribution in [1.29, 1.82) is 0 Å². The van der Waals surface area contributed by atoms with Gasteiger partial charge in [0.05, 0.1) is 5.69 Å². The Balaban J connectivity index is 1.79. The van der Waals surface area contributed by atoms with Crippen LogP contribution in [0.15, 0.2) is 34.9 Å². The van der Waals surface area contributed by atoms with Crippen LogP contribution < -0.4 is 5.32 Å². The number of hydrogen-bond donors (Lipinski definition) is 1. The second-order valence-corrected chi connectivity index (χ2v) is 5.17. The minimum Gasteiger partial charge on any atom is -0.361 e. The van der Waals surface area contributed by atoms with Crippen molar-refractivity contribution in [2.45, 2.75) is 26.7 Å². The smallest absolute Gasteiger partial charge is 0.223 e. The van der Waals surface area contributed by atoms with Crippen LogP contribution in [0.4, 0.5) is 4.39 Å². The highest BCUT2D eigenvalue weighted by Crippen LogP contribution is 2.12. The van der Waals surface area contributed by atoms with Gasteiger partial charge in [-0.3, -0.25) is 4.79 Å². The first-order valence-corrected chi connectivity index (χ1v) is 6.99. The van der Waals surface area contributed by atoms with E-state index in [0.717, 1.165) is 11.5 Å². The summed E-state index contributed by atoms with van der Waals surface area (Å²) in [7, 11) is 0. The molecule has 1 N–H and O–H groups in total. The molecule has 1 heterocycles. The predicted octanol–water partition coefficient (Wildman–Crippen LogP) is 2.66. The molecule has 2 aromatic rings. The molecule has 1 unspecified atom stereocenters. The Morgan fingerprint density at radius 3 is 2.86 bits per heavy atom. The molecule has 1 atom stereocenters. The van der Waals surface area contributed by atoms with Gasteiger partial charge in [-0.25, -0.2) is 4.39 Å². The largest absolute Gasteiger partial charge is 0.361 e. The third-order valence-electron chi connectivity index (χ3n) is 3.29. The summed E-state index contributed by atoms with van der Waals surface area (Å²) in [6.45, 7) is 4.11. The lowest BCUT2D eigenvalue weighted by molar-refractivity contribution is -0.124. The van der Waals surface area contributed by atoms with Gasteiger partial charge in [-0.05, 0) is 25.0 Å². The second kappa shape index (κ2) is 7.02. The number of aryl methyl sites for hydroxylation is 1. The quantitative estimate of drug-likeness (QED) is 0.890. The highest BCUT2D eigenvalue weighted by atomic mass is 19.1. The molecule has 0 fully saturated rings. The van der Waals surface area contributed by atoms with Crippen molar-refractivity contribution in [2.75, 3.05) is 6.54 Å². The highest BCUT2D eigenvalue weighted by Gasteiger charge is 2.15. The molecule has 1 aromatic heterocycles. The predicted molar refractivity (Wildman–Crippen MR) is 77.2 cm³/mol. The van der Waals surface area contributed by atoms with Gasteiger partial charge in [0.1, 0.15) is 11.6 Å². The molecule has 0 saturated heterocycles. The Morgan fingerprint density at radius 1 is 1.43 bits per heavy atom. The van der Waals surface area contributed by atoms with Crippen LogP contribution in [0, 0.1) is 18.7 Å². The number of aromatic nitrogens is 1. The van der Waals surface area contributed by atoms with E-state index < -0.39 is 0 Å². The van der Waals surface area contributed by atoms with Crippen molar-refractivity contribution in [3.05, 3.63) is 53.2 Å². The maximum Gasteiger partial charge on any atom is 0.223 e. The summed E-state index contributed by atoms with van der Waals surface area (Å²) in [5, 5.41) is 6.70. The van der Waals surface area contributed by atoms with Crippen LogP contribution >= 0.6 is 0 Å². The maximum atomic E-state index is 13.5. The van der Waals surface area contributed by atoms with Crippen LogP contribution in [0.5, 0.6) is 0 Å². The summed E-state index contributed by atoms with van der Waals surface area (Å²) in [5.74, 6) is 0.124. The molecule has 21 heavy (non-hydrogen) atoms. The fourth-order valence-corrected chi connectivity index (χ4v) is 2.11. The zero-order valence-corrected chi connectivity index (χ0v) is 12.2. The fourth-order valence-electron chi connectivity index (χ4n) is 2.11. The van der Waals surface area contributed by atoms with E-state index in [1.54, 1.807) is 25.1 Å². The lowest BCUT2D eigenvalue weighted by Gasteiger charge is -2.12. The van der Waals surface area contributed by atoms with Crippen molar-refractivity contribution in [1.82, 2.24) is 10.5 Å². The molecule has 0 radical (unpaired) electrons. The van der Waals surface area contributed by atoms with Gasteiger partial charge in [-0.2, -0.15) is 0 Å². The van der Waals surface area contributed by atoms with Crippen LogP contribution in [0.25, 0.3) is 0 Å². The van der Waals surface area contributed by atoms with Crippen molar-refractivity contribution in [3.8, 4) is 0 Å². The van der Waals surface area contributed by atoms with E-state index >= 15 is 0 Å². The van der Waals surface area contributed by atoms with Gasteiger partial charge < -0.3 is 9.84 Å². The van der Waals surface area contributed by atoms with E-state index in [0.29, 0.717) is 24.9 Å². The van der Waals surface area contributed by atoms with E-state index in [-0.39, 0.29) is 17.6 Å². The summed E-state index contributed by atoms with van der Waals surface area (Å²) < 4.78 is 18.5. The fraction of sp³-hybridized carbons (Fsp3) is 0.375. The summed E-state index contributed by atoms with van der Waals surface area (Å²) in [5.41, 5.74) is 1.38. The van der Waals surface area contributed by atoms with Crippen LogP contribution in [-0.4, -0.2) is 17.6 Å². The molecule has 0 bridgehead atoms. The van der Waals surface area contributed by atoms with Crippen LogP contribution in [0.2, 0.25) is 0 Å². The van der Waals surface area contributed by atoms with E-state index in [9.17, 15) is 9.18 Å². The van der Waals surface area contributed by atoms with E-state index in [1.165, 1.54) is 6.07 Å². The number of benzene rings is 1. The van der Waals surface area contributed by atoms with Gasteiger partial charge in [0.2, 0.25) is 5.91 Å². The van der Waals surface area contributed by atoms with Crippen molar-refractivity contribution >= 4 is 5.91 Å². The number of amides is 1. The number of carbonyl (C=O) groups is 1. The second-order valence-electron chi connectivity index (χ2n) is 5.17. The molecule has 0 aliphatic carbocycles. The number of hydrogen-bond acceptors (Lipinski definition) is 3. The molecule has 0 saturated carbocycles. The third-order valence-corrected chi connectivity index (χ3v) is 3.29. The first-order chi connectivity index (χ1) is 10.1. The first kappa shape index (κ1) is 15.2. The molecule has 4 nitrogen and oxygen atoms in total. The van der Waals surface area contributed by atoms with Gasteiger partial charge in [0.25, 0.3) is 0 Å². The van der Waals surface area contributed by atoms with Crippen LogP contribution in [0.1, 0.15) is 23.9 Å². The van der Waals surface area contributed by atoms with Crippen molar-refractivity contribution in [2.24, 2.45) is 5.92 Å². The SMILES string of the molecule is Cc1cc(CCNC(=O)C(C)Cc2ccccc2F)no1. The Bertz CT molecular complexity index is 610. The van der Waals surface area contributed by atoms with E-state index in [1.807, 2.05) is 13.0 Å². The number of rotatable bonds is 6. The van der Waals surface area contributed by atoms with E-state index in [2.05, 4.69) is 10.5 Å². The van der Waals surface area contributed by atoms with Crippen molar-refractivity contribution < 1.29 is 13.7 Å². The Labute approximate surface area is 123 Å². The third kappa shape index (κ3) is 4.41. The molecule has 1 amide bonds. The van der Waals surface area contributed by atoms with Gasteiger partial charge in [0.15, 0.2) is 0 Å². The molecule has 2 rings (SSSR count). The molecular weight excluding hydrogens is 271 g/mol. The van der Waals surface area contributed by atoms with Crippen molar-refractivity contribution in [3.63, 3.8) is 0 Å². The zero-order chi connectivity index (χ0) is 15.2. The summed E-state index contributed by atoms with van der Waals surface area (Å²) in [6, 6.07) is 8.37. The first-order valence-electron chi connectivity index (χ1n) is 6.99. The zero-order valence-electron chi connectivity index (χ0n) is 12.2. The standard InChI is InChI=1S/C16H19FN2O2/c1-11(9-13-5-3-4-6-15(13)17)16(20)18-8-7-14-10-12(2)21-19-14/h3-6,10-11H,7-9H2,1-2H3,(H,18,20). The topological polar surface area (TPSA) is 55.1 Å². The minimum atomic E-state index is -0.277. The number of nitrogens with zero attached hydrogens (tertiary/aromatic N) is 1. The molecule has 112 valence electrons. The number of nitrogens with one attached hydrogen (secondary N) is 1. The van der Waals surface area contributed by atoms with Gasteiger partial charge in [-0.15, -0.1) is 0 Å². The van der Waals surface area contributed by atoms with Gasteiger partial charge in [-0.1, -0.05) is 30.3 Å². The summed E-state index contributed by atoms with van der Waals surface area (Å²) >= 11 is 0. The lowest BCUT2D eigenvalue weighted by Crippen LogP contribution is -2.32. The van der Waals surface area contributed by atoms with Crippen LogP contribution in [0.3, 0.4) is 0 Å². The monoisotopic (exact) mass is 290 g/mol. The molecule has 0 aliphatic heterocycles. The average molecular weight is 290 g/mol. The molecule has 5 heteroatoms. The summed E-state index contributed by atoms with van der Waals surface area (Å²) in [4.78, 5) is 12.0.